The second kappa shape index (κ2) is 16.1. The summed E-state index contributed by atoms with van der Waals surface area (Å²) in [5.41, 5.74) is 2.68. The molecule has 9 heteroatoms. The Kier molecular flexibility index (Phi) is 13.6. The molecule has 0 aromatic heterocycles. The number of amidine groups is 1. The first kappa shape index (κ1) is 30.4. The predicted molar refractivity (Wildman–Crippen MR) is 154 cm³/mol. The number of amides is 1. The molecule has 2 unspecified atom stereocenters. The van der Waals surface area contributed by atoms with Crippen molar-refractivity contribution in [2.24, 2.45) is 10.2 Å². The fourth-order valence-corrected chi connectivity index (χ4v) is 5.06. The first-order valence-electron chi connectivity index (χ1n) is 11.5. The van der Waals surface area contributed by atoms with E-state index in [-0.39, 0.29) is 18.0 Å². The summed E-state index contributed by atoms with van der Waals surface area (Å²) in [5.74, 6) is 1.10. The molecule has 0 spiro atoms. The topological polar surface area (TPSA) is 115 Å². The second-order valence-electron chi connectivity index (χ2n) is 8.02. The van der Waals surface area contributed by atoms with E-state index in [1.807, 2.05) is 50.4 Å². The van der Waals surface area contributed by atoms with Crippen molar-refractivity contribution < 1.29 is 9.35 Å². The van der Waals surface area contributed by atoms with Crippen molar-refractivity contribution >= 4 is 33.6 Å². The fraction of sp³-hybridized carbons (Fsp3) is 0.333. The van der Waals surface area contributed by atoms with Crippen LogP contribution in [-0.2, 0) is 17.6 Å². The molecule has 1 amide bonds. The SMILES string of the molecule is C#C.C/C=C/NC(=NC)C(Cc1ccc(NS(C)(O)CCC)cc1)NC(=O)Cc1ccccc1N=O. The average molecular weight is 512 g/mol. The van der Waals surface area contributed by atoms with E-state index in [1.54, 1.807) is 37.5 Å². The summed E-state index contributed by atoms with van der Waals surface area (Å²) >= 11 is 0. The van der Waals surface area contributed by atoms with Crippen LogP contribution in [0.15, 0.2) is 71.0 Å². The molecule has 2 rings (SSSR count). The van der Waals surface area contributed by atoms with Crippen LogP contribution in [0, 0.1) is 17.8 Å². The molecular formula is C27H37N5O3S. The average Bonchev–Trinajstić information content (AvgIpc) is 2.86. The van der Waals surface area contributed by atoms with Gasteiger partial charge in [-0.15, -0.1) is 17.8 Å². The van der Waals surface area contributed by atoms with Gasteiger partial charge < -0.3 is 19.9 Å². The third-order valence-corrected chi connectivity index (χ3v) is 6.96. The highest BCUT2D eigenvalue weighted by atomic mass is 32.3. The van der Waals surface area contributed by atoms with Gasteiger partial charge in [0.1, 0.15) is 11.5 Å². The number of terminal acetylenes is 1. The van der Waals surface area contributed by atoms with Gasteiger partial charge in [-0.2, -0.15) is 0 Å². The monoisotopic (exact) mass is 511 g/mol. The molecule has 194 valence electrons. The summed E-state index contributed by atoms with van der Waals surface area (Å²) in [5, 5.41) is 9.18. The zero-order valence-electron chi connectivity index (χ0n) is 21.4. The van der Waals surface area contributed by atoms with Gasteiger partial charge in [0, 0.05) is 24.7 Å². The van der Waals surface area contributed by atoms with Crippen LogP contribution in [-0.4, -0.2) is 41.4 Å². The lowest BCUT2D eigenvalue weighted by Crippen LogP contribution is -2.47. The van der Waals surface area contributed by atoms with Crippen LogP contribution < -0.4 is 15.4 Å². The van der Waals surface area contributed by atoms with Crippen molar-refractivity contribution in [1.82, 2.24) is 10.6 Å². The minimum atomic E-state index is -1.87. The van der Waals surface area contributed by atoms with Crippen molar-refractivity contribution in [1.29, 1.82) is 0 Å². The predicted octanol–water partition coefficient (Wildman–Crippen LogP) is 5.40. The van der Waals surface area contributed by atoms with E-state index in [0.717, 1.165) is 23.4 Å². The van der Waals surface area contributed by atoms with Gasteiger partial charge in [-0.1, -0.05) is 53.8 Å². The molecular weight excluding hydrogens is 474 g/mol. The molecule has 8 nitrogen and oxygen atoms in total. The van der Waals surface area contributed by atoms with E-state index in [0.29, 0.717) is 17.8 Å². The Balaban J connectivity index is 0.00000316. The minimum absolute atomic E-state index is 0.0389. The molecule has 36 heavy (non-hydrogen) atoms. The van der Waals surface area contributed by atoms with Crippen LogP contribution >= 0.6 is 10.5 Å². The number of hydrogen-bond donors (Lipinski definition) is 4. The van der Waals surface area contributed by atoms with Gasteiger partial charge in [-0.05, 0) is 60.5 Å². The Morgan fingerprint density at radius 2 is 1.83 bits per heavy atom. The molecule has 0 aliphatic carbocycles. The first-order valence-corrected chi connectivity index (χ1v) is 13.7. The highest BCUT2D eigenvalue weighted by Crippen LogP contribution is 2.39. The van der Waals surface area contributed by atoms with E-state index in [1.165, 1.54) is 0 Å². The van der Waals surface area contributed by atoms with Gasteiger partial charge in [0.05, 0.1) is 12.5 Å². The Bertz CT molecular complexity index is 1050. The number of anilines is 1. The molecule has 0 aliphatic rings. The smallest absolute Gasteiger partial charge is 0.225 e. The van der Waals surface area contributed by atoms with Gasteiger partial charge >= 0.3 is 0 Å². The quantitative estimate of drug-likeness (QED) is 0.132. The largest absolute Gasteiger partial charge is 0.349 e. The second-order valence-corrected chi connectivity index (χ2v) is 10.7. The van der Waals surface area contributed by atoms with Gasteiger partial charge in [0.15, 0.2) is 0 Å². The van der Waals surface area contributed by atoms with Crippen molar-refractivity contribution in [2.75, 3.05) is 23.8 Å². The third-order valence-electron chi connectivity index (χ3n) is 5.08. The molecule has 2 aromatic rings. The number of hydrogen-bond acceptors (Lipinski definition) is 6. The van der Waals surface area contributed by atoms with Crippen LogP contribution in [0.2, 0.25) is 0 Å². The van der Waals surface area contributed by atoms with E-state index in [9.17, 15) is 14.3 Å². The van der Waals surface area contributed by atoms with Gasteiger partial charge in [-0.3, -0.25) is 9.79 Å². The minimum Gasteiger partial charge on any atom is -0.349 e. The Morgan fingerprint density at radius 1 is 1.17 bits per heavy atom. The normalized spacial score (nSPS) is 14.5. The molecule has 0 radical (unpaired) electrons. The van der Waals surface area contributed by atoms with E-state index < -0.39 is 16.5 Å². The molecule has 2 aromatic carbocycles. The lowest BCUT2D eigenvalue weighted by Gasteiger charge is -2.31. The fourth-order valence-electron chi connectivity index (χ4n) is 3.52. The summed E-state index contributed by atoms with van der Waals surface area (Å²) in [4.78, 5) is 28.2. The van der Waals surface area contributed by atoms with Crippen molar-refractivity contribution in [3.8, 4) is 12.8 Å². The number of aliphatic imine (C=N–C) groups is 1. The summed E-state index contributed by atoms with van der Waals surface area (Å²) in [7, 11) is -0.204. The third kappa shape index (κ3) is 10.3. The number of carbonyl (C=O) groups excluding carboxylic acids is 1. The molecule has 0 heterocycles. The molecule has 0 aliphatic heterocycles. The Morgan fingerprint density at radius 3 is 2.42 bits per heavy atom. The van der Waals surface area contributed by atoms with Crippen molar-refractivity contribution in [3.05, 3.63) is 76.8 Å². The summed E-state index contributed by atoms with van der Waals surface area (Å²) in [6.07, 6.45) is 14.9. The number of nitroso groups, excluding NO2 is 1. The Labute approximate surface area is 216 Å². The zero-order chi connectivity index (χ0) is 27.0. The van der Waals surface area contributed by atoms with E-state index in [4.69, 9.17) is 0 Å². The Hall–Kier alpha value is -3.61. The van der Waals surface area contributed by atoms with E-state index >= 15 is 0 Å². The number of benzene rings is 2. The van der Waals surface area contributed by atoms with Crippen LogP contribution in [0.1, 0.15) is 31.4 Å². The lowest BCUT2D eigenvalue weighted by molar-refractivity contribution is -0.120. The van der Waals surface area contributed by atoms with Crippen molar-refractivity contribution in [2.45, 2.75) is 39.2 Å². The summed E-state index contributed by atoms with van der Waals surface area (Å²) in [6, 6.07) is 14.2. The van der Waals surface area contributed by atoms with E-state index in [2.05, 4.69) is 38.4 Å². The van der Waals surface area contributed by atoms with Crippen LogP contribution in [0.4, 0.5) is 11.4 Å². The number of carbonyl (C=O) groups is 1. The maximum absolute atomic E-state index is 12.9. The standard InChI is InChI=1S/C25H35N5O3S.C2H2/c1-5-15-27-25(26-3)23(28-24(31)18-20-9-7-8-10-22(20)29-32)17-19-11-13-21(14-12-19)30-34(4,33)16-6-2;1-2/h5,7-15,23,30,33H,6,16-18H2,1-4H3,(H,26,27)(H,28,31);1-2H/b15-5+;. The molecule has 0 saturated carbocycles. The zero-order valence-corrected chi connectivity index (χ0v) is 22.2. The molecule has 4 N–H and O–H groups in total. The molecule has 0 fully saturated rings. The number of nitrogens with one attached hydrogen (secondary N) is 3. The molecule has 0 bridgehead atoms. The van der Waals surface area contributed by atoms with Gasteiger partial charge in [-0.25, -0.2) is 0 Å². The van der Waals surface area contributed by atoms with Crippen LogP contribution in [0.5, 0.6) is 0 Å². The van der Waals surface area contributed by atoms with Gasteiger partial charge in [0.25, 0.3) is 0 Å². The van der Waals surface area contributed by atoms with Crippen molar-refractivity contribution in [3.63, 3.8) is 0 Å². The summed E-state index contributed by atoms with van der Waals surface area (Å²) < 4.78 is 13.7. The summed E-state index contributed by atoms with van der Waals surface area (Å²) in [6.45, 7) is 3.93. The highest BCUT2D eigenvalue weighted by molar-refractivity contribution is 8.29. The number of nitrogens with zero attached hydrogens (tertiary/aromatic N) is 2. The highest BCUT2D eigenvalue weighted by Gasteiger charge is 2.20. The molecule has 2 atom stereocenters. The number of allylic oxidation sites excluding steroid dienone is 1. The lowest BCUT2D eigenvalue weighted by atomic mass is 10.0. The van der Waals surface area contributed by atoms with Gasteiger partial charge in [0.2, 0.25) is 5.91 Å². The molecule has 0 saturated heterocycles. The van der Waals surface area contributed by atoms with Crippen LogP contribution in [0.25, 0.3) is 0 Å². The van der Waals surface area contributed by atoms with Crippen LogP contribution in [0.3, 0.4) is 0 Å². The number of rotatable bonds is 12. The maximum Gasteiger partial charge on any atom is 0.225 e. The maximum atomic E-state index is 12.9. The first-order chi connectivity index (χ1) is 17.3.